The number of rotatable bonds is 2. The third-order valence-electron chi connectivity index (χ3n) is 3.32. The SMILES string of the molecule is CCC1CS(=O)CC(c2cc(C)cc(C)c2)N1. The van der Waals surface area contributed by atoms with Gasteiger partial charge < -0.3 is 5.32 Å². The molecule has 3 unspecified atom stereocenters. The van der Waals surface area contributed by atoms with Crippen molar-refractivity contribution in [2.24, 2.45) is 0 Å². The van der Waals surface area contributed by atoms with Crippen LogP contribution in [0.2, 0.25) is 0 Å². The molecule has 3 heteroatoms. The predicted molar refractivity (Wildman–Crippen MR) is 73.7 cm³/mol. The molecule has 2 nitrogen and oxygen atoms in total. The summed E-state index contributed by atoms with van der Waals surface area (Å²) in [6.07, 6.45) is 1.05. The first kappa shape index (κ1) is 12.8. The number of hydrogen-bond donors (Lipinski definition) is 1. The van der Waals surface area contributed by atoms with Gasteiger partial charge in [-0.3, -0.25) is 4.21 Å². The second-order valence-electron chi connectivity index (χ2n) is 5.02. The Kier molecular flexibility index (Phi) is 4.00. The minimum Gasteiger partial charge on any atom is -0.305 e. The van der Waals surface area contributed by atoms with Crippen molar-refractivity contribution in [2.45, 2.75) is 39.3 Å². The van der Waals surface area contributed by atoms with Gasteiger partial charge in [-0.1, -0.05) is 36.2 Å². The van der Waals surface area contributed by atoms with E-state index in [1.165, 1.54) is 16.7 Å². The Balaban J connectivity index is 2.23. The van der Waals surface area contributed by atoms with Gasteiger partial charge in [-0.2, -0.15) is 0 Å². The van der Waals surface area contributed by atoms with E-state index in [1.807, 2.05) is 0 Å². The molecule has 0 bridgehead atoms. The Hall–Kier alpha value is -0.670. The highest BCUT2D eigenvalue weighted by Gasteiger charge is 2.25. The van der Waals surface area contributed by atoms with E-state index < -0.39 is 10.8 Å². The van der Waals surface area contributed by atoms with Gasteiger partial charge >= 0.3 is 0 Å². The second kappa shape index (κ2) is 5.32. The predicted octanol–water partition coefficient (Wildman–Crippen LogP) is 2.48. The minimum absolute atomic E-state index is 0.258. The molecule has 94 valence electrons. The van der Waals surface area contributed by atoms with Crippen LogP contribution in [0.1, 0.15) is 36.1 Å². The Morgan fingerprint density at radius 1 is 1.24 bits per heavy atom. The molecule has 1 saturated heterocycles. The standard InChI is InChI=1S/C14H21NOS/c1-4-13-8-17(16)9-14(15-13)12-6-10(2)5-11(3)7-12/h5-7,13-15H,4,8-9H2,1-3H3. The zero-order valence-corrected chi connectivity index (χ0v) is 11.6. The lowest BCUT2D eigenvalue weighted by Crippen LogP contribution is -2.44. The number of hydrogen-bond acceptors (Lipinski definition) is 2. The monoisotopic (exact) mass is 251 g/mol. The van der Waals surface area contributed by atoms with Crippen LogP contribution in [0.25, 0.3) is 0 Å². The maximum atomic E-state index is 11.9. The topological polar surface area (TPSA) is 29.1 Å². The maximum Gasteiger partial charge on any atom is 0.0439 e. The molecule has 1 aromatic carbocycles. The summed E-state index contributed by atoms with van der Waals surface area (Å²) in [6, 6.07) is 7.25. The highest BCUT2D eigenvalue weighted by molar-refractivity contribution is 7.85. The summed E-state index contributed by atoms with van der Waals surface area (Å²) in [5.74, 6) is 1.55. The smallest absolute Gasteiger partial charge is 0.0439 e. The van der Waals surface area contributed by atoms with E-state index in [1.54, 1.807) is 0 Å². The van der Waals surface area contributed by atoms with Crippen molar-refractivity contribution in [3.8, 4) is 0 Å². The van der Waals surface area contributed by atoms with Crippen LogP contribution in [0.4, 0.5) is 0 Å². The van der Waals surface area contributed by atoms with E-state index >= 15 is 0 Å². The third-order valence-corrected chi connectivity index (χ3v) is 4.79. The molecule has 2 rings (SSSR count). The van der Waals surface area contributed by atoms with Crippen molar-refractivity contribution in [3.05, 3.63) is 34.9 Å². The zero-order valence-electron chi connectivity index (χ0n) is 10.8. The summed E-state index contributed by atoms with van der Waals surface area (Å²) >= 11 is 0. The first-order valence-corrected chi connectivity index (χ1v) is 7.76. The van der Waals surface area contributed by atoms with Gasteiger partial charge in [-0.25, -0.2) is 0 Å². The van der Waals surface area contributed by atoms with Crippen molar-refractivity contribution in [1.82, 2.24) is 5.32 Å². The fraction of sp³-hybridized carbons (Fsp3) is 0.571. The number of benzene rings is 1. The van der Waals surface area contributed by atoms with E-state index in [9.17, 15) is 4.21 Å². The van der Waals surface area contributed by atoms with E-state index in [0.717, 1.165) is 17.9 Å². The Bertz CT molecular complexity index is 410. The lowest BCUT2D eigenvalue weighted by molar-refractivity contribution is 0.456. The molecule has 1 fully saturated rings. The van der Waals surface area contributed by atoms with E-state index in [0.29, 0.717) is 6.04 Å². The van der Waals surface area contributed by atoms with Crippen molar-refractivity contribution in [2.75, 3.05) is 11.5 Å². The molecule has 17 heavy (non-hydrogen) atoms. The first-order chi connectivity index (χ1) is 8.08. The molecular formula is C14H21NOS. The van der Waals surface area contributed by atoms with Crippen LogP contribution in [0.5, 0.6) is 0 Å². The minimum atomic E-state index is -0.676. The van der Waals surface area contributed by atoms with Crippen molar-refractivity contribution >= 4 is 10.8 Å². The van der Waals surface area contributed by atoms with Crippen LogP contribution >= 0.6 is 0 Å². The van der Waals surface area contributed by atoms with Crippen LogP contribution in [0, 0.1) is 13.8 Å². The summed E-state index contributed by atoms with van der Waals surface area (Å²) in [7, 11) is -0.676. The molecular weight excluding hydrogens is 230 g/mol. The van der Waals surface area contributed by atoms with Crippen molar-refractivity contribution in [1.29, 1.82) is 0 Å². The molecule has 0 radical (unpaired) electrons. The molecule has 0 spiro atoms. The van der Waals surface area contributed by atoms with Crippen molar-refractivity contribution in [3.63, 3.8) is 0 Å². The highest BCUT2D eigenvalue weighted by Crippen LogP contribution is 2.22. The third kappa shape index (κ3) is 3.17. The number of nitrogens with one attached hydrogen (secondary N) is 1. The van der Waals surface area contributed by atoms with Crippen LogP contribution in [-0.2, 0) is 10.8 Å². The van der Waals surface area contributed by atoms with Crippen LogP contribution in [0.3, 0.4) is 0 Å². The van der Waals surface area contributed by atoms with Gasteiger partial charge in [0.1, 0.15) is 0 Å². The van der Waals surface area contributed by atoms with Gasteiger partial charge in [0, 0.05) is 34.4 Å². The molecule has 0 aliphatic carbocycles. The Labute approximate surface area is 106 Å². The fourth-order valence-electron chi connectivity index (χ4n) is 2.50. The van der Waals surface area contributed by atoms with E-state index in [4.69, 9.17) is 0 Å². The summed E-state index contributed by atoms with van der Waals surface area (Å²) in [5.41, 5.74) is 3.85. The van der Waals surface area contributed by atoms with Gasteiger partial charge in [-0.15, -0.1) is 0 Å². The largest absolute Gasteiger partial charge is 0.305 e. The van der Waals surface area contributed by atoms with Crippen LogP contribution in [-0.4, -0.2) is 21.8 Å². The molecule has 0 amide bonds. The molecule has 0 aromatic heterocycles. The summed E-state index contributed by atoms with van der Waals surface area (Å²) < 4.78 is 11.9. The molecule has 1 aliphatic heterocycles. The maximum absolute atomic E-state index is 11.9. The van der Waals surface area contributed by atoms with Crippen LogP contribution in [0.15, 0.2) is 18.2 Å². The zero-order chi connectivity index (χ0) is 12.4. The molecule has 1 N–H and O–H groups in total. The highest BCUT2D eigenvalue weighted by atomic mass is 32.2. The Morgan fingerprint density at radius 3 is 2.47 bits per heavy atom. The van der Waals surface area contributed by atoms with Gasteiger partial charge in [0.05, 0.1) is 0 Å². The van der Waals surface area contributed by atoms with Gasteiger partial charge in [-0.05, 0) is 25.8 Å². The van der Waals surface area contributed by atoms with Crippen LogP contribution < -0.4 is 5.32 Å². The molecule has 3 atom stereocenters. The normalized spacial score (nSPS) is 29.2. The summed E-state index contributed by atoms with van der Waals surface area (Å²) in [5, 5.41) is 3.61. The van der Waals surface area contributed by atoms with E-state index in [2.05, 4.69) is 44.3 Å². The summed E-state index contributed by atoms with van der Waals surface area (Å²) in [4.78, 5) is 0. The molecule has 0 saturated carbocycles. The Morgan fingerprint density at radius 2 is 1.88 bits per heavy atom. The van der Waals surface area contributed by atoms with Gasteiger partial charge in [0.25, 0.3) is 0 Å². The lowest BCUT2D eigenvalue weighted by Gasteiger charge is -2.30. The number of aryl methyl sites for hydroxylation is 2. The van der Waals surface area contributed by atoms with E-state index in [-0.39, 0.29) is 6.04 Å². The first-order valence-electron chi connectivity index (χ1n) is 6.27. The molecule has 1 aliphatic rings. The van der Waals surface area contributed by atoms with Crippen molar-refractivity contribution < 1.29 is 4.21 Å². The summed E-state index contributed by atoms with van der Waals surface area (Å²) in [6.45, 7) is 6.39. The van der Waals surface area contributed by atoms with Gasteiger partial charge in [0.15, 0.2) is 0 Å². The average Bonchev–Trinajstić information content (AvgIpc) is 2.26. The average molecular weight is 251 g/mol. The molecule has 1 aromatic rings. The quantitative estimate of drug-likeness (QED) is 0.875. The van der Waals surface area contributed by atoms with Gasteiger partial charge in [0.2, 0.25) is 0 Å². The fourth-order valence-corrected chi connectivity index (χ4v) is 4.08. The lowest BCUT2D eigenvalue weighted by atomic mass is 10.0. The second-order valence-corrected chi connectivity index (χ2v) is 6.56. The molecule has 1 heterocycles.